The highest BCUT2D eigenvalue weighted by atomic mass is 31.2. The quantitative estimate of drug-likeness (QED) is 0.0287. The minimum Gasteiger partial charge on any atom is -0.756 e. The standard InChI is InChI=1S/C36H72NO8P/c1-6-8-9-10-11-12-13-14-15-16-17-18-19-20-21-22-23-24-25-26-27-29-36(39)45-34(32-42-35(38)28-7-2)33-44-46(40,41)43-31-30-37(3,4)5/h34H,6-33H2,1-5H3. The number of quaternary nitrogens is 1. The number of esters is 2. The topological polar surface area (TPSA) is 111 Å². The number of carbonyl (C=O) groups excluding carboxylic acids is 2. The molecule has 0 spiro atoms. The Morgan fingerprint density at radius 2 is 1.02 bits per heavy atom. The molecular weight excluding hydrogens is 605 g/mol. The molecule has 46 heavy (non-hydrogen) atoms. The van der Waals surface area contributed by atoms with Gasteiger partial charge in [0.05, 0.1) is 27.7 Å². The average Bonchev–Trinajstić information content (AvgIpc) is 2.98. The van der Waals surface area contributed by atoms with Crippen LogP contribution < -0.4 is 4.89 Å². The van der Waals surface area contributed by atoms with Crippen LogP contribution in [0.15, 0.2) is 0 Å². The zero-order chi connectivity index (χ0) is 34.4. The van der Waals surface area contributed by atoms with E-state index in [0.29, 0.717) is 23.9 Å². The third-order valence-corrected chi connectivity index (χ3v) is 9.06. The lowest BCUT2D eigenvalue weighted by Crippen LogP contribution is -2.37. The highest BCUT2D eigenvalue weighted by Crippen LogP contribution is 2.38. The number of phosphoric ester groups is 1. The Bertz CT molecular complexity index is 774. The number of carbonyl (C=O) groups is 2. The summed E-state index contributed by atoms with van der Waals surface area (Å²) in [6, 6.07) is 0. The lowest BCUT2D eigenvalue weighted by atomic mass is 10.0. The van der Waals surface area contributed by atoms with Gasteiger partial charge in [-0.05, 0) is 12.8 Å². The summed E-state index contributed by atoms with van der Waals surface area (Å²) in [6.45, 7) is 3.85. The number of hydrogen-bond donors (Lipinski definition) is 0. The SMILES string of the molecule is CCCCCCCCCCCCCCCCCCCCCCCC(=O)OC(COC(=O)CCC)COP(=O)([O-])OCC[N+](C)(C)C. The second kappa shape index (κ2) is 30.1. The zero-order valence-corrected chi connectivity index (χ0v) is 31.4. The van der Waals surface area contributed by atoms with Gasteiger partial charge in [0.25, 0.3) is 7.82 Å². The second-order valence-electron chi connectivity index (χ2n) is 14.0. The van der Waals surface area contributed by atoms with E-state index in [1.54, 1.807) is 0 Å². The number of likely N-dealkylation sites (N-methyl/N-ethyl adjacent to an activating group) is 1. The van der Waals surface area contributed by atoms with Crippen molar-refractivity contribution < 1.29 is 42.1 Å². The van der Waals surface area contributed by atoms with E-state index in [9.17, 15) is 19.0 Å². The molecule has 2 atom stereocenters. The summed E-state index contributed by atoms with van der Waals surface area (Å²) in [7, 11) is 1.17. The molecule has 0 amide bonds. The Kier molecular flexibility index (Phi) is 29.4. The van der Waals surface area contributed by atoms with Crippen LogP contribution in [-0.4, -0.2) is 70.0 Å². The maximum atomic E-state index is 12.4. The molecule has 0 saturated carbocycles. The van der Waals surface area contributed by atoms with Gasteiger partial charge >= 0.3 is 11.9 Å². The van der Waals surface area contributed by atoms with Crippen molar-refractivity contribution in [2.24, 2.45) is 0 Å². The molecule has 0 aliphatic carbocycles. The fourth-order valence-electron chi connectivity index (χ4n) is 5.16. The predicted octanol–water partition coefficient (Wildman–Crippen LogP) is 9.05. The van der Waals surface area contributed by atoms with E-state index in [4.69, 9.17) is 18.5 Å². The van der Waals surface area contributed by atoms with Gasteiger partial charge < -0.3 is 27.9 Å². The van der Waals surface area contributed by atoms with Crippen LogP contribution in [0.5, 0.6) is 0 Å². The van der Waals surface area contributed by atoms with E-state index in [1.165, 1.54) is 116 Å². The largest absolute Gasteiger partial charge is 0.756 e. The van der Waals surface area contributed by atoms with Crippen molar-refractivity contribution in [3.05, 3.63) is 0 Å². The van der Waals surface area contributed by atoms with Crippen molar-refractivity contribution in [3.63, 3.8) is 0 Å². The summed E-state index contributed by atoms with van der Waals surface area (Å²) in [4.78, 5) is 36.4. The molecule has 0 rings (SSSR count). The summed E-state index contributed by atoms with van der Waals surface area (Å²) >= 11 is 0. The average molecular weight is 678 g/mol. The number of nitrogens with zero attached hydrogens (tertiary/aromatic N) is 1. The molecule has 0 fully saturated rings. The molecule has 0 aliphatic rings. The molecule has 0 bridgehead atoms. The number of rotatable bonds is 34. The van der Waals surface area contributed by atoms with Gasteiger partial charge in [-0.1, -0.05) is 142 Å². The van der Waals surface area contributed by atoms with Crippen LogP contribution in [-0.2, 0) is 32.7 Å². The predicted molar refractivity (Wildman–Crippen MR) is 185 cm³/mol. The van der Waals surface area contributed by atoms with Gasteiger partial charge in [0.15, 0.2) is 6.10 Å². The molecule has 0 aromatic carbocycles. The van der Waals surface area contributed by atoms with Crippen LogP contribution in [0.25, 0.3) is 0 Å². The number of ether oxygens (including phenoxy) is 2. The number of phosphoric acid groups is 1. The van der Waals surface area contributed by atoms with Crippen LogP contribution in [0, 0.1) is 0 Å². The van der Waals surface area contributed by atoms with Crippen LogP contribution in [0.2, 0.25) is 0 Å². The molecule has 0 aromatic heterocycles. The Labute approximate surface area is 283 Å². The summed E-state index contributed by atoms with van der Waals surface area (Å²) < 4.78 is 33.1. The minimum atomic E-state index is -4.59. The first-order valence-corrected chi connectivity index (χ1v) is 20.2. The van der Waals surface area contributed by atoms with Crippen molar-refractivity contribution in [1.82, 2.24) is 0 Å². The Balaban J connectivity index is 3.92. The summed E-state index contributed by atoms with van der Waals surface area (Å²) in [5, 5.41) is 0. The van der Waals surface area contributed by atoms with E-state index in [2.05, 4.69) is 6.92 Å². The molecule has 10 heteroatoms. The molecule has 0 N–H and O–H groups in total. The van der Waals surface area contributed by atoms with E-state index < -0.39 is 32.5 Å². The smallest absolute Gasteiger partial charge is 0.306 e. The first kappa shape index (κ1) is 45.0. The fourth-order valence-corrected chi connectivity index (χ4v) is 5.89. The third kappa shape index (κ3) is 32.9. The van der Waals surface area contributed by atoms with Crippen molar-refractivity contribution >= 4 is 19.8 Å². The minimum absolute atomic E-state index is 0.0281. The van der Waals surface area contributed by atoms with Crippen LogP contribution in [0.1, 0.15) is 168 Å². The van der Waals surface area contributed by atoms with Crippen LogP contribution >= 0.6 is 7.82 Å². The molecule has 2 unspecified atom stereocenters. The van der Waals surface area contributed by atoms with Gasteiger partial charge in [-0.3, -0.25) is 14.2 Å². The maximum Gasteiger partial charge on any atom is 0.306 e. The Morgan fingerprint density at radius 1 is 0.587 bits per heavy atom. The van der Waals surface area contributed by atoms with Crippen molar-refractivity contribution in [1.29, 1.82) is 0 Å². The molecular formula is C36H72NO8P. The summed E-state index contributed by atoms with van der Waals surface area (Å²) in [6.07, 6.45) is 27.3. The first-order valence-electron chi connectivity index (χ1n) is 18.7. The van der Waals surface area contributed by atoms with Crippen molar-refractivity contribution in [3.8, 4) is 0 Å². The van der Waals surface area contributed by atoms with E-state index in [-0.39, 0.29) is 26.1 Å². The van der Waals surface area contributed by atoms with E-state index in [0.717, 1.165) is 12.8 Å². The lowest BCUT2D eigenvalue weighted by Gasteiger charge is -2.28. The number of hydrogen-bond acceptors (Lipinski definition) is 8. The van der Waals surface area contributed by atoms with Gasteiger partial charge in [-0.15, -0.1) is 0 Å². The van der Waals surface area contributed by atoms with Crippen LogP contribution in [0.3, 0.4) is 0 Å². The third-order valence-electron chi connectivity index (χ3n) is 8.10. The molecule has 0 heterocycles. The normalized spacial score (nSPS) is 13.8. The van der Waals surface area contributed by atoms with Gasteiger partial charge in [0.2, 0.25) is 0 Å². The summed E-state index contributed by atoms with van der Waals surface area (Å²) in [5.74, 6) is -0.887. The fraction of sp³-hybridized carbons (Fsp3) is 0.944. The van der Waals surface area contributed by atoms with E-state index >= 15 is 0 Å². The van der Waals surface area contributed by atoms with Gasteiger partial charge in [-0.2, -0.15) is 0 Å². The van der Waals surface area contributed by atoms with Crippen molar-refractivity contribution in [2.75, 3.05) is 47.5 Å². The van der Waals surface area contributed by atoms with Crippen molar-refractivity contribution in [2.45, 2.75) is 174 Å². The highest BCUT2D eigenvalue weighted by Gasteiger charge is 2.21. The molecule has 0 saturated heterocycles. The molecule has 274 valence electrons. The lowest BCUT2D eigenvalue weighted by molar-refractivity contribution is -0.870. The van der Waals surface area contributed by atoms with Gasteiger partial charge in [0, 0.05) is 12.8 Å². The first-order chi connectivity index (χ1) is 22.0. The molecule has 0 aromatic rings. The molecule has 0 radical (unpaired) electrons. The zero-order valence-electron chi connectivity index (χ0n) is 30.5. The van der Waals surface area contributed by atoms with E-state index in [1.807, 2.05) is 28.1 Å². The summed E-state index contributed by atoms with van der Waals surface area (Å²) in [5.41, 5.74) is 0. The van der Waals surface area contributed by atoms with Gasteiger partial charge in [0.1, 0.15) is 19.8 Å². The monoisotopic (exact) mass is 677 g/mol. The number of unbranched alkanes of at least 4 members (excludes halogenated alkanes) is 20. The Morgan fingerprint density at radius 3 is 1.43 bits per heavy atom. The second-order valence-corrected chi connectivity index (χ2v) is 15.4. The highest BCUT2D eigenvalue weighted by molar-refractivity contribution is 7.45. The molecule has 0 aliphatic heterocycles. The van der Waals surface area contributed by atoms with Gasteiger partial charge in [-0.25, -0.2) is 0 Å². The maximum absolute atomic E-state index is 12.4. The van der Waals surface area contributed by atoms with Crippen LogP contribution in [0.4, 0.5) is 0 Å². The Hall–Kier alpha value is -0.990. The molecule has 9 nitrogen and oxygen atoms in total.